The van der Waals surface area contributed by atoms with Gasteiger partial charge in [0.25, 0.3) is 0 Å². The lowest BCUT2D eigenvalue weighted by Crippen LogP contribution is -2.46. The number of carboxylic acids is 1. The molecule has 1 aliphatic rings. The first-order valence-corrected chi connectivity index (χ1v) is 6.34. The molecule has 1 fully saturated rings. The van der Waals surface area contributed by atoms with E-state index in [1.807, 2.05) is 5.38 Å². The summed E-state index contributed by atoms with van der Waals surface area (Å²) in [5.74, 6) is -0.739. The Hall–Kier alpha value is -0.390. The Morgan fingerprint density at radius 2 is 2.40 bits per heavy atom. The van der Waals surface area contributed by atoms with Crippen molar-refractivity contribution in [2.75, 3.05) is 13.2 Å². The molecule has 15 heavy (non-hydrogen) atoms. The summed E-state index contributed by atoms with van der Waals surface area (Å²) in [6.07, 6.45) is 0.869. The van der Waals surface area contributed by atoms with Gasteiger partial charge in [0.15, 0.2) is 0 Å². The molecule has 1 saturated heterocycles. The van der Waals surface area contributed by atoms with Gasteiger partial charge in [-0.3, -0.25) is 4.79 Å². The van der Waals surface area contributed by atoms with Crippen LogP contribution in [0.1, 0.15) is 17.7 Å². The number of carbonyl (C=O) groups is 1. The summed E-state index contributed by atoms with van der Waals surface area (Å²) < 4.78 is 6.29. The van der Waals surface area contributed by atoms with E-state index in [2.05, 4.69) is 22.0 Å². The summed E-state index contributed by atoms with van der Waals surface area (Å²) in [4.78, 5) is 11.8. The SMILES string of the molecule is O=C(O)CCC1(c2cc(Br)cs2)COC1. The molecule has 2 rings (SSSR count). The van der Waals surface area contributed by atoms with Crippen molar-refractivity contribution in [2.45, 2.75) is 18.3 Å². The van der Waals surface area contributed by atoms with E-state index < -0.39 is 5.97 Å². The minimum atomic E-state index is -0.739. The molecule has 1 aliphatic heterocycles. The first-order chi connectivity index (χ1) is 7.12. The molecule has 0 atom stereocenters. The van der Waals surface area contributed by atoms with E-state index in [0.717, 1.165) is 4.47 Å². The van der Waals surface area contributed by atoms with Crippen LogP contribution in [0.4, 0.5) is 0 Å². The smallest absolute Gasteiger partial charge is 0.303 e. The van der Waals surface area contributed by atoms with Crippen molar-refractivity contribution in [1.29, 1.82) is 0 Å². The normalized spacial score (nSPS) is 18.5. The van der Waals surface area contributed by atoms with Crippen molar-refractivity contribution in [3.8, 4) is 0 Å². The Balaban J connectivity index is 2.11. The van der Waals surface area contributed by atoms with Crippen LogP contribution in [0, 0.1) is 0 Å². The molecular weight excluding hydrogens is 280 g/mol. The average molecular weight is 291 g/mol. The van der Waals surface area contributed by atoms with Gasteiger partial charge in [0, 0.05) is 21.2 Å². The molecule has 1 aromatic rings. The number of hydrogen-bond acceptors (Lipinski definition) is 3. The summed E-state index contributed by atoms with van der Waals surface area (Å²) in [6, 6.07) is 2.06. The largest absolute Gasteiger partial charge is 0.481 e. The van der Waals surface area contributed by atoms with Crippen molar-refractivity contribution >= 4 is 33.2 Å². The summed E-state index contributed by atoms with van der Waals surface area (Å²) >= 11 is 5.08. The number of halogens is 1. The summed E-state index contributed by atoms with van der Waals surface area (Å²) in [5, 5.41) is 10.7. The molecule has 0 bridgehead atoms. The highest BCUT2D eigenvalue weighted by Gasteiger charge is 2.41. The summed E-state index contributed by atoms with van der Waals surface area (Å²) in [6.45, 7) is 1.29. The zero-order chi connectivity index (χ0) is 10.9. The molecule has 0 radical (unpaired) electrons. The van der Waals surface area contributed by atoms with E-state index in [9.17, 15) is 4.79 Å². The monoisotopic (exact) mass is 290 g/mol. The van der Waals surface area contributed by atoms with Crippen molar-refractivity contribution < 1.29 is 14.6 Å². The number of thiophene rings is 1. The first kappa shape index (κ1) is 11.1. The predicted octanol–water partition coefficient (Wildman–Crippen LogP) is 2.64. The van der Waals surface area contributed by atoms with E-state index in [1.165, 1.54) is 4.88 Å². The van der Waals surface area contributed by atoms with Crippen molar-refractivity contribution in [2.24, 2.45) is 0 Å². The van der Waals surface area contributed by atoms with Crippen molar-refractivity contribution in [3.05, 3.63) is 20.8 Å². The number of carboxylic acid groups (broad SMARTS) is 1. The molecule has 2 heterocycles. The molecule has 0 aromatic carbocycles. The van der Waals surface area contributed by atoms with Crippen LogP contribution in [-0.4, -0.2) is 24.3 Å². The molecule has 1 N–H and O–H groups in total. The van der Waals surface area contributed by atoms with Gasteiger partial charge in [0.05, 0.1) is 18.6 Å². The third kappa shape index (κ3) is 2.24. The Labute approximate surface area is 100 Å². The van der Waals surface area contributed by atoms with Crippen LogP contribution in [0.3, 0.4) is 0 Å². The molecule has 1 aromatic heterocycles. The van der Waals surface area contributed by atoms with Gasteiger partial charge in [0.1, 0.15) is 0 Å². The average Bonchev–Trinajstić information content (AvgIpc) is 2.50. The van der Waals surface area contributed by atoms with Gasteiger partial charge in [-0.25, -0.2) is 0 Å². The highest BCUT2D eigenvalue weighted by atomic mass is 79.9. The Morgan fingerprint density at radius 3 is 2.80 bits per heavy atom. The van der Waals surface area contributed by atoms with Crippen LogP contribution in [-0.2, 0) is 14.9 Å². The Morgan fingerprint density at radius 1 is 1.67 bits per heavy atom. The van der Waals surface area contributed by atoms with Crippen LogP contribution in [0.2, 0.25) is 0 Å². The van der Waals surface area contributed by atoms with Crippen LogP contribution in [0.15, 0.2) is 15.9 Å². The van der Waals surface area contributed by atoms with Gasteiger partial charge < -0.3 is 9.84 Å². The van der Waals surface area contributed by atoms with E-state index >= 15 is 0 Å². The standard InChI is InChI=1S/C10H11BrO3S/c11-7-3-8(15-4-7)10(5-14-6-10)2-1-9(12)13/h3-4H,1-2,5-6H2,(H,12,13). The van der Waals surface area contributed by atoms with Gasteiger partial charge in [-0.1, -0.05) is 0 Å². The quantitative estimate of drug-likeness (QED) is 0.927. The minimum absolute atomic E-state index is 0.0466. The third-order valence-corrected chi connectivity index (χ3v) is 4.60. The van der Waals surface area contributed by atoms with Crippen LogP contribution in [0.25, 0.3) is 0 Å². The van der Waals surface area contributed by atoms with Crippen LogP contribution in [0.5, 0.6) is 0 Å². The summed E-state index contributed by atoms with van der Waals surface area (Å²) in [7, 11) is 0. The second-order valence-corrected chi connectivity index (χ2v) is 5.62. The van der Waals surface area contributed by atoms with E-state index in [0.29, 0.717) is 19.6 Å². The summed E-state index contributed by atoms with van der Waals surface area (Å²) in [5.41, 5.74) is -0.0466. The molecular formula is C10H11BrO3S. The maximum absolute atomic E-state index is 10.6. The molecule has 0 amide bonds. The Bertz CT molecular complexity index is 370. The van der Waals surface area contributed by atoms with Gasteiger partial charge in [-0.05, 0) is 28.4 Å². The molecule has 3 nitrogen and oxygen atoms in total. The van der Waals surface area contributed by atoms with Crippen molar-refractivity contribution in [1.82, 2.24) is 0 Å². The fraction of sp³-hybridized carbons (Fsp3) is 0.500. The maximum Gasteiger partial charge on any atom is 0.303 e. The molecule has 0 aliphatic carbocycles. The van der Waals surface area contributed by atoms with Gasteiger partial charge >= 0.3 is 5.97 Å². The number of rotatable bonds is 4. The maximum atomic E-state index is 10.6. The van der Waals surface area contributed by atoms with E-state index in [4.69, 9.17) is 9.84 Å². The van der Waals surface area contributed by atoms with E-state index in [1.54, 1.807) is 11.3 Å². The predicted molar refractivity (Wildman–Crippen MR) is 61.4 cm³/mol. The van der Waals surface area contributed by atoms with E-state index in [-0.39, 0.29) is 11.8 Å². The molecule has 0 spiro atoms. The fourth-order valence-electron chi connectivity index (χ4n) is 1.70. The van der Waals surface area contributed by atoms with Crippen molar-refractivity contribution in [3.63, 3.8) is 0 Å². The topological polar surface area (TPSA) is 46.5 Å². The lowest BCUT2D eigenvalue weighted by atomic mass is 9.80. The molecule has 5 heteroatoms. The van der Waals surface area contributed by atoms with Gasteiger partial charge in [-0.15, -0.1) is 11.3 Å². The third-order valence-electron chi connectivity index (χ3n) is 2.66. The molecule has 0 saturated carbocycles. The lowest BCUT2D eigenvalue weighted by Gasteiger charge is -2.40. The molecule has 0 unspecified atom stereocenters. The van der Waals surface area contributed by atoms with Gasteiger partial charge in [0.2, 0.25) is 0 Å². The second-order valence-electron chi connectivity index (χ2n) is 3.80. The highest BCUT2D eigenvalue weighted by molar-refractivity contribution is 9.10. The fourth-order valence-corrected chi connectivity index (χ4v) is 3.33. The van der Waals surface area contributed by atoms with Crippen LogP contribution < -0.4 is 0 Å². The van der Waals surface area contributed by atoms with Gasteiger partial charge in [-0.2, -0.15) is 0 Å². The zero-order valence-electron chi connectivity index (χ0n) is 8.03. The first-order valence-electron chi connectivity index (χ1n) is 4.66. The highest BCUT2D eigenvalue weighted by Crippen LogP contribution is 2.41. The minimum Gasteiger partial charge on any atom is -0.481 e. The Kier molecular flexibility index (Phi) is 3.13. The lowest BCUT2D eigenvalue weighted by molar-refractivity contribution is -0.139. The number of ether oxygens (including phenoxy) is 1. The second kappa shape index (κ2) is 4.23. The molecule has 82 valence electrons. The zero-order valence-corrected chi connectivity index (χ0v) is 10.4. The van der Waals surface area contributed by atoms with Crippen LogP contribution >= 0.6 is 27.3 Å². The number of hydrogen-bond donors (Lipinski definition) is 1. The number of aliphatic carboxylic acids is 1.